The molecule has 1 aromatic heterocycles. The molecule has 7 nitrogen and oxygen atoms in total. The SMILES string of the molecule is Cc1cccc(NC(=O)CN2C(=O)N/C(=C/c3cc(C)n(-c4ccc(F)cc4)c3C)C2=O)c1. The number of aromatic nitrogens is 1. The lowest BCUT2D eigenvalue weighted by Crippen LogP contribution is -2.38. The van der Waals surface area contributed by atoms with Gasteiger partial charge in [0, 0.05) is 22.8 Å². The molecule has 0 bridgehead atoms. The van der Waals surface area contributed by atoms with Crippen molar-refractivity contribution in [3.63, 3.8) is 0 Å². The molecule has 1 fully saturated rings. The molecule has 0 spiro atoms. The molecule has 0 unspecified atom stereocenters. The van der Waals surface area contributed by atoms with Crippen LogP contribution in [0.4, 0.5) is 14.9 Å². The summed E-state index contributed by atoms with van der Waals surface area (Å²) in [6.45, 7) is 5.27. The van der Waals surface area contributed by atoms with E-state index in [1.54, 1.807) is 30.3 Å². The molecule has 2 N–H and O–H groups in total. The van der Waals surface area contributed by atoms with Gasteiger partial charge in [0.15, 0.2) is 0 Å². The average molecular weight is 446 g/mol. The fourth-order valence-corrected chi connectivity index (χ4v) is 3.86. The molecule has 0 radical (unpaired) electrons. The highest BCUT2D eigenvalue weighted by molar-refractivity contribution is 6.16. The molecule has 0 atom stereocenters. The topological polar surface area (TPSA) is 83.4 Å². The van der Waals surface area contributed by atoms with E-state index < -0.39 is 24.4 Å². The maximum absolute atomic E-state index is 13.3. The highest BCUT2D eigenvalue weighted by atomic mass is 19.1. The summed E-state index contributed by atoms with van der Waals surface area (Å²) in [6, 6.07) is 14.6. The van der Waals surface area contributed by atoms with Gasteiger partial charge in [0.25, 0.3) is 5.91 Å². The normalized spacial score (nSPS) is 14.7. The Morgan fingerprint density at radius 1 is 1.06 bits per heavy atom. The number of urea groups is 1. The quantitative estimate of drug-likeness (QED) is 0.458. The summed E-state index contributed by atoms with van der Waals surface area (Å²) in [4.78, 5) is 38.4. The maximum atomic E-state index is 13.3. The molecule has 4 rings (SSSR count). The zero-order valence-corrected chi connectivity index (χ0v) is 18.5. The van der Waals surface area contributed by atoms with Crippen molar-refractivity contribution in [3.8, 4) is 5.69 Å². The number of carbonyl (C=O) groups excluding carboxylic acids is 3. The number of anilines is 1. The van der Waals surface area contributed by atoms with Crippen molar-refractivity contribution in [1.29, 1.82) is 0 Å². The minimum Gasteiger partial charge on any atom is -0.325 e. The Kier molecular flexibility index (Phi) is 5.83. The van der Waals surface area contributed by atoms with Crippen molar-refractivity contribution in [2.24, 2.45) is 0 Å². The number of rotatable bonds is 5. The zero-order valence-electron chi connectivity index (χ0n) is 18.5. The predicted octanol–water partition coefficient (Wildman–Crippen LogP) is 4.07. The standard InChI is InChI=1S/C25H23FN4O3/c1-15-5-4-6-20(11-15)27-23(31)14-29-24(32)22(28-25(29)33)13-18-12-16(2)30(17(18)3)21-9-7-19(26)8-10-21/h4-13H,14H2,1-3H3,(H,27,31)(H,28,33)/b22-13+. The van der Waals surface area contributed by atoms with Gasteiger partial charge in [-0.3, -0.25) is 9.59 Å². The van der Waals surface area contributed by atoms with Crippen LogP contribution in [0.5, 0.6) is 0 Å². The van der Waals surface area contributed by atoms with Crippen molar-refractivity contribution in [1.82, 2.24) is 14.8 Å². The number of benzene rings is 2. The van der Waals surface area contributed by atoms with Crippen LogP contribution in [0.2, 0.25) is 0 Å². The third kappa shape index (κ3) is 4.55. The predicted molar refractivity (Wildman–Crippen MR) is 123 cm³/mol. The summed E-state index contributed by atoms with van der Waals surface area (Å²) in [5, 5.41) is 5.24. The Morgan fingerprint density at radius 2 is 1.79 bits per heavy atom. The van der Waals surface area contributed by atoms with Crippen LogP contribution >= 0.6 is 0 Å². The number of hydrogen-bond donors (Lipinski definition) is 2. The molecular formula is C25H23FN4O3. The van der Waals surface area contributed by atoms with Gasteiger partial charge in [-0.25, -0.2) is 14.1 Å². The summed E-state index contributed by atoms with van der Waals surface area (Å²) in [7, 11) is 0. The largest absolute Gasteiger partial charge is 0.329 e. The summed E-state index contributed by atoms with van der Waals surface area (Å²) in [5.41, 5.74) is 4.88. The van der Waals surface area contributed by atoms with Crippen molar-refractivity contribution in [2.75, 3.05) is 11.9 Å². The minimum absolute atomic E-state index is 0.0858. The molecule has 0 aliphatic carbocycles. The zero-order chi connectivity index (χ0) is 23.7. The fourth-order valence-electron chi connectivity index (χ4n) is 3.86. The first kappa shape index (κ1) is 22.0. The van der Waals surface area contributed by atoms with Crippen molar-refractivity contribution in [2.45, 2.75) is 20.8 Å². The summed E-state index contributed by atoms with van der Waals surface area (Å²) in [6.07, 6.45) is 1.58. The first-order valence-corrected chi connectivity index (χ1v) is 10.4. The Morgan fingerprint density at radius 3 is 2.48 bits per heavy atom. The number of carbonyl (C=O) groups is 3. The minimum atomic E-state index is -0.655. The Labute approximate surface area is 190 Å². The third-order valence-corrected chi connectivity index (χ3v) is 5.42. The second-order valence-electron chi connectivity index (χ2n) is 7.94. The van der Waals surface area contributed by atoms with Gasteiger partial charge in [0.05, 0.1) is 0 Å². The molecule has 168 valence electrons. The highest BCUT2D eigenvalue weighted by Crippen LogP contribution is 2.24. The molecule has 4 amide bonds. The van der Waals surface area contributed by atoms with Crippen LogP contribution in [0.15, 0.2) is 60.3 Å². The van der Waals surface area contributed by atoms with E-state index in [1.165, 1.54) is 12.1 Å². The molecular weight excluding hydrogens is 423 g/mol. The van der Waals surface area contributed by atoms with Gasteiger partial charge in [0.2, 0.25) is 5.91 Å². The van der Waals surface area contributed by atoms with Crippen LogP contribution in [0.3, 0.4) is 0 Å². The Balaban J connectivity index is 1.53. The second-order valence-corrected chi connectivity index (χ2v) is 7.94. The van der Waals surface area contributed by atoms with Gasteiger partial charge >= 0.3 is 6.03 Å². The molecule has 33 heavy (non-hydrogen) atoms. The van der Waals surface area contributed by atoms with E-state index in [1.807, 2.05) is 43.5 Å². The van der Waals surface area contributed by atoms with Crippen LogP contribution in [-0.2, 0) is 9.59 Å². The lowest BCUT2D eigenvalue weighted by molar-refractivity contribution is -0.127. The Bertz CT molecular complexity index is 1290. The van der Waals surface area contributed by atoms with E-state index in [9.17, 15) is 18.8 Å². The van der Waals surface area contributed by atoms with Gasteiger partial charge in [-0.1, -0.05) is 12.1 Å². The van der Waals surface area contributed by atoms with Crippen molar-refractivity contribution in [3.05, 3.63) is 88.6 Å². The van der Waals surface area contributed by atoms with E-state index >= 15 is 0 Å². The number of aryl methyl sites for hydroxylation is 2. The van der Waals surface area contributed by atoms with Crippen LogP contribution < -0.4 is 10.6 Å². The molecule has 8 heteroatoms. The van der Waals surface area contributed by atoms with E-state index in [2.05, 4.69) is 10.6 Å². The van der Waals surface area contributed by atoms with Gasteiger partial charge < -0.3 is 15.2 Å². The van der Waals surface area contributed by atoms with Crippen LogP contribution in [0.25, 0.3) is 11.8 Å². The number of nitrogens with zero attached hydrogens (tertiary/aromatic N) is 2. The summed E-state index contributed by atoms with van der Waals surface area (Å²) in [5.74, 6) is -1.37. The van der Waals surface area contributed by atoms with Crippen LogP contribution in [0.1, 0.15) is 22.5 Å². The van der Waals surface area contributed by atoms with Crippen molar-refractivity contribution < 1.29 is 18.8 Å². The number of imide groups is 1. The molecule has 0 saturated carbocycles. The molecule has 2 aromatic carbocycles. The van der Waals surface area contributed by atoms with E-state index in [-0.39, 0.29) is 11.5 Å². The third-order valence-electron chi connectivity index (χ3n) is 5.42. The monoisotopic (exact) mass is 446 g/mol. The lowest BCUT2D eigenvalue weighted by atomic mass is 10.2. The molecule has 1 aliphatic rings. The molecule has 3 aromatic rings. The van der Waals surface area contributed by atoms with Crippen LogP contribution in [0, 0.1) is 26.6 Å². The first-order valence-electron chi connectivity index (χ1n) is 10.4. The van der Waals surface area contributed by atoms with E-state index in [0.717, 1.165) is 33.1 Å². The first-order chi connectivity index (χ1) is 15.7. The number of nitrogens with one attached hydrogen (secondary N) is 2. The van der Waals surface area contributed by atoms with E-state index in [0.29, 0.717) is 5.69 Å². The Hall–Kier alpha value is -4.20. The lowest BCUT2D eigenvalue weighted by Gasteiger charge is -2.12. The van der Waals surface area contributed by atoms with Gasteiger partial charge in [0.1, 0.15) is 18.1 Å². The van der Waals surface area contributed by atoms with E-state index in [4.69, 9.17) is 0 Å². The summed E-state index contributed by atoms with van der Waals surface area (Å²) >= 11 is 0. The number of amides is 4. The fraction of sp³-hybridized carbons (Fsp3) is 0.160. The molecule has 2 heterocycles. The molecule has 1 aliphatic heterocycles. The van der Waals surface area contributed by atoms with Gasteiger partial charge in [-0.2, -0.15) is 0 Å². The van der Waals surface area contributed by atoms with Crippen molar-refractivity contribution >= 4 is 29.6 Å². The second kappa shape index (κ2) is 8.74. The highest BCUT2D eigenvalue weighted by Gasteiger charge is 2.35. The van der Waals surface area contributed by atoms with Gasteiger partial charge in [-0.05, 0) is 80.4 Å². The number of halogens is 1. The molecule has 1 saturated heterocycles. The maximum Gasteiger partial charge on any atom is 0.329 e. The summed E-state index contributed by atoms with van der Waals surface area (Å²) < 4.78 is 15.2. The average Bonchev–Trinajstić information content (AvgIpc) is 3.18. The van der Waals surface area contributed by atoms with Crippen LogP contribution in [-0.4, -0.2) is 33.9 Å². The van der Waals surface area contributed by atoms with Gasteiger partial charge in [-0.15, -0.1) is 0 Å². The smallest absolute Gasteiger partial charge is 0.325 e. The number of hydrogen-bond acceptors (Lipinski definition) is 3.